The topological polar surface area (TPSA) is 52.3 Å². The molecular weight excluding hydrogens is 282 g/mol. The molecule has 2 N–H and O–H groups in total. The first-order valence-electron chi connectivity index (χ1n) is 5.42. The third kappa shape index (κ3) is 3.00. The van der Waals surface area contributed by atoms with Crippen LogP contribution in [0, 0.1) is 13.8 Å². The molecule has 94 valence electrons. The van der Waals surface area contributed by atoms with Crippen molar-refractivity contribution in [1.82, 2.24) is 0 Å². The van der Waals surface area contributed by atoms with Crippen molar-refractivity contribution in [3.63, 3.8) is 0 Å². The fraction of sp³-hybridized carbons (Fsp3) is 0.462. The summed E-state index contributed by atoms with van der Waals surface area (Å²) in [6.45, 7) is 10.3. The van der Waals surface area contributed by atoms with Gasteiger partial charge < -0.3 is 10.5 Å². The van der Waals surface area contributed by atoms with Gasteiger partial charge in [0, 0.05) is 10.0 Å². The summed E-state index contributed by atoms with van der Waals surface area (Å²) in [4.78, 5) is 10.8. The van der Waals surface area contributed by atoms with Crippen molar-refractivity contribution in [1.29, 1.82) is 0 Å². The maximum atomic E-state index is 10.8. The Hall–Kier alpha value is -1.03. The summed E-state index contributed by atoms with van der Waals surface area (Å²) in [5.74, 6) is 0.509. The van der Waals surface area contributed by atoms with Gasteiger partial charge in [0.1, 0.15) is 5.75 Å². The number of aryl methyl sites for hydroxylation is 1. The zero-order chi connectivity index (χ0) is 13.4. The molecule has 3 nitrogen and oxygen atoms in total. The van der Waals surface area contributed by atoms with Crippen LogP contribution in [0.3, 0.4) is 0 Å². The molecule has 0 aromatic heterocycles. The van der Waals surface area contributed by atoms with Crippen LogP contribution >= 0.6 is 15.9 Å². The van der Waals surface area contributed by atoms with E-state index >= 15 is 0 Å². The molecule has 0 atom stereocenters. The lowest BCUT2D eigenvalue weighted by Gasteiger charge is -2.25. The normalized spacial score (nSPS) is 11.4. The highest BCUT2D eigenvalue weighted by Crippen LogP contribution is 2.38. The number of benzene rings is 1. The van der Waals surface area contributed by atoms with Crippen molar-refractivity contribution >= 4 is 22.0 Å². The lowest BCUT2D eigenvalue weighted by Crippen LogP contribution is -2.19. The Kier molecular flexibility index (Phi) is 3.87. The van der Waals surface area contributed by atoms with Crippen LogP contribution < -0.4 is 10.5 Å². The summed E-state index contributed by atoms with van der Waals surface area (Å²) in [6.07, 6.45) is -0.789. The third-order valence-corrected chi connectivity index (χ3v) is 3.61. The van der Waals surface area contributed by atoms with Crippen LogP contribution in [0.15, 0.2) is 10.5 Å². The monoisotopic (exact) mass is 299 g/mol. The van der Waals surface area contributed by atoms with Crippen LogP contribution in [0.2, 0.25) is 0 Å². The van der Waals surface area contributed by atoms with Gasteiger partial charge in [0.25, 0.3) is 0 Å². The molecule has 0 spiro atoms. The quantitative estimate of drug-likeness (QED) is 0.857. The van der Waals surface area contributed by atoms with Gasteiger partial charge in [-0.3, -0.25) is 0 Å². The van der Waals surface area contributed by atoms with E-state index in [1.54, 1.807) is 0 Å². The van der Waals surface area contributed by atoms with Crippen molar-refractivity contribution in [2.75, 3.05) is 0 Å². The first-order chi connectivity index (χ1) is 7.64. The number of halogens is 1. The molecule has 0 saturated heterocycles. The van der Waals surface area contributed by atoms with Crippen LogP contribution in [0.1, 0.15) is 37.5 Å². The average Bonchev–Trinajstić information content (AvgIpc) is 2.10. The molecule has 0 saturated carbocycles. The van der Waals surface area contributed by atoms with Gasteiger partial charge in [-0.1, -0.05) is 36.7 Å². The molecule has 4 heteroatoms. The largest absolute Gasteiger partial charge is 0.410 e. The molecule has 0 unspecified atom stereocenters. The zero-order valence-electron chi connectivity index (χ0n) is 10.8. The van der Waals surface area contributed by atoms with E-state index in [4.69, 9.17) is 10.5 Å². The Morgan fingerprint density at radius 2 is 1.88 bits per heavy atom. The van der Waals surface area contributed by atoms with E-state index in [1.807, 2.05) is 19.9 Å². The molecule has 1 amide bonds. The van der Waals surface area contributed by atoms with Crippen molar-refractivity contribution < 1.29 is 9.53 Å². The van der Waals surface area contributed by atoms with E-state index in [0.717, 1.165) is 15.6 Å². The van der Waals surface area contributed by atoms with Gasteiger partial charge in [0.15, 0.2) is 0 Å². The Morgan fingerprint density at radius 3 is 2.29 bits per heavy atom. The number of nitrogens with two attached hydrogens (primary N) is 1. The second-order valence-corrected chi connectivity index (χ2v) is 5.97. The SMILES string of the molecule is Cc1cc(OC(N)=O)c(C)c(Br)c1C(C)(C)C. The highest BCUT2D eigenvalue weighted by molar-refractivity contribution is 9.10. The maximum absolute atomic E-state index is 10.8. The molecular formula is C13H18BrNO2. The molecule has 0 bridgehead atoms. The first-order valence-corrected chi connectivity index (χ1v) is 6.21. The van der Waals surface area contributed by atoms with E-state index in [9.17, 15) is 4.79 Å². The Labute approximate surface area is 110 Å². The molecule has 17 heavy (non-hydrogen) atoms. The molecule has 0 radical (unpaired) electrons. The lowest BCUT2D eigenvalue weighted by molar-refractivity contribution is 0.210. The minimum Gasteiger partial charge on any atom is -0.410 e. The number of primary amides is 1. The van der Waals surface area contributed by atoms with Crippen molar-refractivity contribution in [3.05, 3.63) is 27.2 Å². The van der Waals surface area contributed by atoms with Gasteiger partial charge in [-0.25, -0.2) is 4.79 Å². The van der Waals surface area contributed by atoms with Gasteiger partial charge in [-0.2, -0.15) is 0 Å². The predicted molar refractivity (Wildman–Crippen MR) is 72.5 cm³/mol. The van der Waals surface area contributed by atoms with Crippen molar-refractivity contribution in [2.24, 2.45) is 5.73 Å². The summed E-state index contributed by atoms with van der Waals surface area (Å²) >= 11 is 3.58. The van der Waals surface area contributed by atoms with Crippen molar-refractivity contribution in [2.45, 2.75) is 40.0 Å². The second-order valence-electron chi connectivity index (χ2n) is 5.18. The molecule has 0 heterocycles. The number of carbonyl (C=O) groups is 1. The fourth-order valence-electron chi connectivity index (χ4n) is 1.98. The average molecular weight is 300 g/mol. The first kappa shape index (κ1) is 14.0. The van der Waals surface area contributed by atoms with E-state index < -0.39 is 6.09 Å². The van der Waals surface area contributed by atoms with Gasteiger partial charge in [0.05, 0.1) is 0 Å². The minimum absolute atomic E-state index is 0.0267. The molecule has 1 aromatic rings. The molecule has 0 aliphatic heterocycles. The van der Waals surface area contributed by atoms with Crippen LogP contribution in [0.4, 0.5) is 4.79 Å². The van der Waals surface area contributed by atoms with Crippen molar-refractivity contribution in [3.8, 4) is 5.75 Å². The van der Waals surface area contributed by atoms with E-state index in [1.165, 1.54) is 5.56 Å². The van der Waals surface area contributed by atoms with Crippen LogP contribution in [-0.4, -0.2) is 6.09 Å². The molecule has 0 fully saturated rings. The fourth-order valence-corrected chi connectivity index (χ4v) is 3.08. The summed E-state index contributed by atoms with van der Waals surface area (Å²) in [6, 6.07) is 1.85. The van der Waals surface area contributed by atoms with E-state index in [2.05, 4.69) is 36.7 Å². The number of hydrogen-bond acceptors (Lipinski definition) is 2. The second kappa shape index (κ2) is 4.69. The van der Waals surface area contributed by atoms with Crippen LogP contribution in [0.5, 0.6) is 5.75 Å². The minimum atomic E-state index is -0.789. The maximum Gasteiger partial charge on any atom is 0.409 e. The summed E-state index contributed by atoms with van der Waals surface area (Å²) in [5.41, 5.74) is 8.25. The third-order valence-electron chi connectivity index (χ3n) is 2.62. The molecule has 0 aliphatic carbocycles. The summed E-state index contributed by atoms with van der Waals surface area (Å²) < 4.78 is 5.96. The van der Waals surface area contributed by atoms with Gasteiger partial charge >= 0.3 is 6.09 Å². The lowest BCUT2D eigenvalue weighted by atomic mass is 9.83. The summed E-state index contributed by atoms with van der Waals surface area (Å²) in [5, 5.41) is 0. The number of rotatable bonds is 1. The predicted octanol–water partition coefficient (Wildman–Crippen LogP) is 3.82. The number of ether oxygens (including phenoxy) is 1. The van der Waals surface area contributed by atoms with E-state index in [-0.39, 0.29) is 5.41 Å². The number of hydrogen-bond donors (Lipinski definition) is 1. The van der Waals surface area contributed by atoms with E-state index in [0.29, 0.717) is 5.75 Å². The standard InChI is InChI=1S/C13H18BrNO2/c1-7-6-9(17-12(15)16)8(2)11(14)10(7)13(3,4)5/h6H,1-5H3,(H2,15,16). The Bertz CT molecular complexity index is 461. The highest BCUT2D eigenvalue weighted by Gasteiger charge is 2.23. The molecule has 1 aromatic carbocycles. The Morgan fingerprint density at radius 1 is 1.35 bits per heavy atom. The highest BCUT2D eigenvalue weighted by atomic mass is 79.9. The number of amides is 1. The van der Waals surface area contributed by atoms with Crippen LogP contribution in [-0.2, 0) is 5.41 Å². The van der Waals surface area contributed by atoms with Gasteiger partial charge in [-0.15, -0.1) is 0 Å². The number of carbonyl (C=O) groups excluding carboxylic acids is 1. The smallest absolute Gasteiger partial charge is 0.409 e. The van der Waals surface area contributed by atoms with Gasteiger partial charge in [0.2, 0.25) is 0 Å². The van der Waals surface area contributed by atoms with Gasteiger partial charge in [-0.05, 0) is 36.5 Å². The van der Waals surface area contributed by atoms with Crippen LogP contribution in [0.25, 0.3) is 0 Å². The zero-order valence-corrected chi connectivity index (χ0v) is 12.4. The molecule has 0 aliphatic rings. The summed E-state index contributed by atoms with van der Waals surface area (Å²) in [7, 11) is 0. The Balaban J connectivity index is 3.42. The molecule has 1 rings (SSSR count).